The second-order valence-electron chi connectivity index (χ2n) is 7.35. The molecule has 0 unspecified atom stereocenters. The minimum Gasteiger partial charge on any atom is -0.508 e. The maximum absolute atomic E-state index is 12.6. The Balaban J connectivity index is 1.30. The molecule has 1 aliphatic heterocycles. The van der Waals surface area contributed by atoms with Gasteiger partial charge in [0.25, 0.3) is 0 Å². The number of anilines is 1. The molecule has 1 aliphatic rings. The van der Waals surface area contributed by atoms with Gasteiger partial charge in [-0.3, -0.25) is 4.90 Å². The summed E-state index contributed by atoms with van der Waals surface area (Å²) < 4.78 is 37.7. The SMILES string of the molecule is Oc1ccc(N2CCN(CCCCCc3ccc(C(F)(F)F)cc3)CC2)cc1. The number of aryl methyl sites for hydroxylation is 1. The van der Waals surface area contributed by atoms with Gasteiger partial charge in [-0.25, -0.2) is 0 Å². The molecule has 0 radical (unpaired) electrons. The van der Waals surface area contributed by atoms with Crippen LogP contribution in [-0.4, -0.2) is 42.7 Å². The first kappa shape index (κ1) is 20.5. The highest BCUT2D eigenvalue weighted by molar-refractivity contribution is 5.49. The van der Waals surface area contributed by atoms with Crippen molar-refractivity contribution >= 4 is 5.69 Å². The number of halogens is 3. The van der Waals surface area contributed by atoms with E-state index in [9.17, 15) is 18.3 Å². The maximum atomic E-state index is 12.6. The van der Waals surface area contributed by atoms with Crippen LogP contribution in [0.4, 0.5) is 18.9 Å². The number of benzene rings is 2. The van der Waals surface area contributed by atoms with Crippen molar-refractivity contribution in [2.24, 2.45) is 0 Å². The lowest BCUT2D eigenvalue weighted by molar-refractivity contribution is -0.137. The van der Waals surface area contributed by atoms with E-state index in [1.807, 2.05) is 12.1 Å². The smallest absolute Gasteiger partial charge is 0.416 e. The van der Waals surface area contributed by atoms with Gasteiger partial charge in [0, 0.05) is 31.9 Å². The van der Waals surface area contributed by atoms with E-state index < -0.39 is 11.7 Å². The standard InChI is InChI=1S/C22H27F3N2O/c23-22(24,25)19-7-5-18(6-8-19)4-2-1-3-13-26-14-16-27(17-15-26)20-9-11-21(28)12-10-20/h5-12,28H,1-4,13-17H2. The molecule has 0 saturated carbocycles. The van der Waals surface area contributed by atoms with Crippen LogP contribution in [-0.2, 0) is 12.6 Å². The number of phenols is 1. The number of alkyl halides is 3. The number of piperazine rings is 1. The van der Waals surface area contributed by atoms with Gasteiger partial charge < -0.3 is 10.0 Å². The molecule has 3 rings (SSSR count). The Morgan fingerprint density at radius 3 is 2.04 bits per heavy atom. The highest BCUT2D eigenvalue weighted by Crippen LogP contribution is 2.29. The summed E-state index contributed by atoms with van der Waals surface area (Å²) in [5.41, 5.74) is 1.53. The summed E-state index contributed by atoms with van der Waals surface area (Å²) in [4.78, 5) is 4.80. The van der Waals surface area contributed by atoms with E-state index in [0.717, 1.165) is 69.7 Å². The van der Waals surface area contributed by atoms with Crippen molar-refractivity contribution in [3.63, 3.8) is 0 Å². The van der Waals surface area contributed by atoms with Gasteiger partial charge in [-0.2, -0.15) is 13.2 Å². The van der Waals surface area contributed by atoms with Crippen molar-refractivity contribution in [1.29, 1.82) is 0 Å². The normalized spacial score (nSPS) is 15.8. The Bertz CT molecular complexity index is 721. The van der Waals surface area contributed by atoms with E-state index in [4.69, 9.17) is 0 Å². The topological polar surface area (TPSA) is 26.7 Å². The minimum absolute atomic E-state index is 0.290. The summed E-state index contributed by atoms with van der Waals surface area (Å²) in [6.45, 7) is 5.09. The van der Waals surface area contributed by atoms with Crippen LogP contribution < -0.4 is 4.90 Å². The average molecular weight is 392 g/mol. The van der Waals surface area contributed by atoms with Gasteiger partial charge in [-0.1, -0.05) is 18.6 Å². The quantitative estimate of drug-likeness (QED) is 0.676. The monoisotopic (exact) mass is 392 g/mol. The molecule has 2 aromatic rings. The van der Waals surface area contributed by atoms with Crippen LogP contribution in [0.25, 0.3) is 0 Å². The van der Waals surface area contributed by atoms with E-state index in [2.05, 4.69) is 9.80 Å². The lowest BCUT2D eigenvalue weighted by Gasteiger charge is -2.36. The first-order valence-electron chi connectivity index (χ1n) is 9.84. The zero-order valence-electron chi connectivity index (χ0n) is 16.0. The molecule has 1 heterocycles. The first-order chi connectivity index (χ1) is 13.4. The van der Waals surface area contributed by atoms with E-state index in [1.54, 1.807) is 24.3 Å². The number of hydrogen-bond acceptors (Lipinski definition) is 3. The molecule has 0 atom stereocenters. The molecular weight excluding hydrogens is 365 g/mol. The molecule has 0 aromatic heterocycles. The zero-order valence-corrected chi connectivity index (χ0v) is 16.0. The van der Waals surface area contributed by atoms with Crippen molar-refractivity contribution in [2.45, 2.75) is 31.9 Å². The number of nitrogens with zero attached hydrogens (tertiary/aromatic N) is 2. The van der Waals surface area contributed by atoms with Gasteiger partial charge in [-0.05, 0) is 67.8 Å². The summed E-state index contributed by atoms with van der Waals surface area (Å²) in [6.07, 6.45) is -0.241. The number of hydrogen-bond donors (Lipinski definition) is 1. The molecule has 0 spiro atoms. The van der Waals surface area contributed by atoms with Crippen molar-refractivity contribution < 1.29 is 18.3 Å². The molecule has 1 saturated heterocycles. The summed E-state index contributed by atoms with van der Waals surface area (Å²) in [5.74, 6) is 0.290. The fourth-order valence-corrected chi connectivity index (χ4v) is 3.59. The molecule has 28 heavy (non-hydrogen) atoms. The van der Waals surface area contributed by atoms with Crippen LogP contribution in [0.1, 0.15) is 30.4 Å². The molecule has 2 aromatic carbocycles. The molecular formula is C22H27F3N2O. The lowest BCUT2D eigenvalue weighted by atomic mass is 10.0. The second kappa shape index (κ2) is 9.32. The van der Waals surface area contributed by atoms with Crippen molar-refractivity contribution in [2.75, 3.05) is 37.6 Å². The van der Waals surface area contributed by atoms with Gasteiger partial charge in [0.1, 0.15) is 5.75 Å². The Hall–Kier alpha value is -2.21. The summed E-state index contributed by atoms with van der Waals surface area (Å²) in [6, 6.07) is 12.9. The van der Waals surface area contributed by atoms with Crippen LogP contribution in [0.5, 0.6) is 5.75 Å². The fourth-order valence-electron chi connectivity index (χ4n) is 3.59. The van der Waals surface area contributed by atoms with E-state index in [1.165, 1.54) is 12.1 Å². The van der Waals surface area contributed by atoms with E-state index >= 15 is 0 Å². The molecule has 1 N–H and O–H groups in total. The Labute approximate surface area is 164 Å². The van der Waals surface area contributed by atoms with Crippen LogP contribution >= 0.6 is 0 Å². The third-order valence-electron chi connectivity index (χ3n) is 5.31. The molecule has 152 valence electrons. The average Bonchev–Trinajstić information content (AvgIpc) is 2.69. The van der Waals surface area contributed by atoms with Crippen LogP contribution in [0.3, 0.4) is 0 Å². The summed E-state index contributed by atoms with van der Waals surface area (Å²) in [5, 5.41) is 9.38. The Morgan fingerprint density at radius 1 is 0.786 bits per heavy atom. The van der Waals surface area contributed by atoms with Crippen molar-refractivity contribution in [1.82, 2.24) is 4.90 Å². The molecule has 3 nitrogen and oxygen atoms in total. The summed E-state index contributed by atoms with van der Waals surface area (Å²) >= 11 is 0. The zero-order chi connectivity index (χ0) is 20.0. The number of phenolic OH excluding ortho intramolecular Hbond substituents is 1. The van der Waals surface area contributed by atoms with E-state index in [0.29, 0.717) is 5.75 Å². The van der Waals surface area contributed by atoms with E-state index in [-0.39, 0.29) is 0 Å². The van der Waals surface area contributed by atoms with Crippen molar-refractivity contribution in [3.8, 4) is 5.75 Å². The lowest BCUT2D eigenvalue weighted by Crippen LogP contribution is -2.46. The Morgan fingerprint density at radius 2 is 1.43 bits per heavy atom. The van der Waals surface area contributed by atoms with Gasteiger partial charge in [0.05, 0.1) is 5.56 Å². The number of rotatable bonds is 7. The second-order valence-corrected chi connectivity index (χ2v) is 7.35. The maximum Gasteiger partial charge on any atom is 0.416 e. The van der Waals surface area contributed by atoms with Gasteiger partial charge in [-0.15, -0.1) is 0 Å². The highest BCUT2D eigenvalue weighted by atomic mass is 19.4. The molecule has 1 fully saturated rings. The summed E-state index contributed by atoms with van der Waals surface area (Å²) in [7, 11) is 0. The van der Waals surface area contributed by atoms with Gasteiger partial charge in [0.2, 0.25) is 0 Å². The molecule has 0 aliphatic carbocycles. The highest BCUT2D eigenvalue weighted by Gasteiger charge is 2.29. The van der Waals surface area contributed by atoms with Crippen LogP contribution in [0, 0.1) is 0 Å². The minimum atomic E-state index is -4.26. The molecule has 6 heteroatoms. The molecule has 0 bridgehead atoms. The van der Waals surface area contributed by atoms with Gasteiger partial charge >= 0.3 is 6.18 Å². The van der Waals surface area contributed by atoms with Crippen LogP contribution in [0.15, 0.2) is 48.5 Å². The Kier molecular flexibility index (Phi) is 6.83. The molecule has 0 amide bonds. The third kappa shape index (κ3) is 5.89. The van der Waals surface area contributed by atoms with Gasteiger partial charge in [0.15, 0.2) is 0 Å². The van der Waals surface area contributed by atoms with Crippen molar-refractivity contribution in [3.05, 3.63) is 59.7 Å². The number of unbranched alkanes of at least 4 members (excludes halogenated alkanes) is 2. The predicted octanol–water partition coefficient (Wildman–Crippen LogP) is 4.95. The number of aromatic hydroxyl groups is 1. The largest absolute Gasteiger partial charge is 0.508 e. The third-order valence-corrected chi connectivity index (χ3v) is 5.31. The van der Waals surface area contributed by atoms with Crippen LogP contribution in [0.2, 0.25) is 0 Å². The predicted molar refractivity (Wildman–Crippen MR) is 106 cm³/mol. The first-order valence-corrected chi connectivity index (χ1v) is 9.84. The fraction of sp³-hybridized carbons (Fsp3) is 0.455.